The lowest BCUT2D eigenvalue weighted by Crippen LogP contribution is -2.50. The van der Waals surface area contributed by atoms with Crippen molar-refractivity contribution < 1.29 is 0 Å². The van der Waals surface area contributed by atoms with E-state index in [9.17, 15) is 0 Å². The summed E-state index contributed by atoms with van der Waals surface area (Å²) in [4.78, 5) is 5.28. The molecule has 3 heteroatoms. The summed E-state index contributed by atoms with van der Waals surface area (Å²) in [6.07, 6.45) is 4.11. The van der Waals surface area contributed by atoms with Gasteiger partial charge in [0.05, 0.1) is 0 Å². The van der Waals surface area contributed by atoms with Crippen molar-refractivity contribution in [3.8, 4) is 0 Å². The molecule has 3 nitrogen and oxygen atoms in total. The van der Waals surface area contributed by atoms with Gasteiger partial charge in [0.2, 0.25) is 0 Å². The van der Waals surface area contributed by atoms with E-state index >= 15 is 0 Å². The fraction of sp³-hybridized carbons (Fsp3) is 1.00. The Morgan fingerprint density at radius 1 is 1.35 bits per heavy atom. The van der Waals surface area contributed by atoms with Crippen molar-refractivity contribution in [2.45, 2.75) is 45.2 Å². The molecule has 2 saturated heterocycles. The standard InChI is InChI=1S/C14H29N3/c1-4-17-9-5-6-13(17)11-16(3)14-7-8-15-10-12(14)2/h12-15H,4-11H2,1-3H3. The lowest BCUT2D eigenvalue weighted by molar-refractivity contribution is 0.113. The number of piperidine rings is 1. The summed E-state index contributed by atoms with van der Waals surface area (Å²) in [6.45, 7) is 10.9. The van der Waals surface area contributed by atoms with Crippen molar-refractivity contribution in [3.05, 3.63) is 0 Å². The van der Waals surface area contributed by atoms with Crippen molar-refractivity contribution >= 4 is 0 Å². The molecule has 1 N–H and O–H groups in total. The van der Waals surface area contributed by atoms with Crippen molar-refractivity contribution in [3.63, 3.8) is 0 Å². The van der Waals surface area contributed by atoms with Crippen molar-refractivity contribution in [2.75, 3.05) is 39.8 Å². The molecule has 2 rings (SSSR count). The van der Waals surface area contributed by atoms with Gasteiger partial charge in [0.15, 0.2) is 0 Å². The highest BCUT2D eigenvalue weighted by molar-refractivity contribution is 4.86. The quantitative estimate of drug-likeness (QED) is 0.800. The van der Waals surface area contributed by atoms with E-state index in [-0.39, 0.29) is 0 Å². The first-order valence-corrected chi connectivity index (χ1v) is 7.37. The molecule has 2 heterocycles. The molecule has 0 aromatic heterocycles. The lowest BCUT2D eigenvalue weighted by Gasteiger charge is -2.39. The number of nitrogens with one attached hydrogen (secondary N) is 1. The molecular formula is C14H29N3. The number of likely N-dealkylation sites (tertiary alicyclic amines) is 1. The topological polar surface area (TPSA) is 18.5 Å². The molecule has 0 bridgehead atoms. The van der Waals surface area contributed by atoms with Gasteiger partial charge in [-0.2, -0.15) is 0 Å². The molecule has 100 valence electrons. The van der Waals surface area contributed by atoms with Crippen LogP contribution in [-0.2, 0) is 0 Å². The predicted molar refractivity (Wildman–Crippen MR) is 73.3 cm³/mol. The van der Waals surface area contributed by atoms with Crippen LogP contribution in [0.1, 0.15) is 33.1 Å². The van der Waals surface area contributed by atoms with E-state index in [2.05, 4.69) is 36.0 Å². The van der Waals surface area contributed by atoms with Gasteiger partial charge in [-0.1, -0.05) is 13.8 Å². The van der Waals surface area contributed by atoms with E-state index in [0.29, 0.717) is 0 Å². The van der Waals surface area contributed by atoms with Crippen molar-refractivity contribution in [2.24, 2.45) is 5.92 Å². The van der Waals surface area contributed by atoms with Crippen LogP contribution in [-0.4, -0.2) is 61.7 Å². The number of hydrogen-bond donors (Lipinski definition) is 1. The fourth-order valence-corrected chi connectivity index (χ4v) is 3.64. The van der Waals surface area contributed by atoms with Gasteiger partial charge >= 0.3 is 0 Å². The fourth-order valence-electron chi connectivity index (χ4n) is 3.64. The lowest BCUT2D eigenvalue weighted by atomic mass is 9.93. The zero-order valence-corrected chi connectivity index (χ0v) is 11.8. The minimum atomic E-state index is 0.788. The Balaban J connectivity index is 1.84. The van der Waals surface area contributed by atoms with E-state index in [1.165, 1.54) is 52.0 Å². The summed E-state index contributed by atoms with van der Waals surface area (Å²) in [5, 5.41) is 3.50. The summed E-state index contributed by atoms with van der Waals surface area (Å²) in [5.41, 5.74) is 0. The van der Waals surface area contributed by atoms with Crippen LogP contribution in [0.25, 0.3) is 0 Å². The molecule has 0 aromatic rings. The van der Waals surface area contributed by atoms with E-state index in [0.717, 1.165) is 18.0 Å². The van der Waals surface area contributed by atoms with Gasteiger partial charge in [-0.3, -0.25) is 4.90 Å². The smallest absolute Gasteiger partial charge is 0.0223 e. The Bertz CT molecular complexity index is 232. The zero-order chi connectivity index (χ0) is 12.3. The summed E-state index contributed by atoms with van der Waals surface area (Å²) in [5.74, 6) is 0.797. The molecule has 3 atom stereocenters. The SMILES string of the molecule is CCN1CCCC1CN(C)C1CCNCC1C. The van der Waals surface area contributed by atoms with Gasteiger partial charge < -0.3 is 10.2 Å². The molecule has 17 heavy (non-hydrogen) atoms. The van der Waals surface area contributed by atoms with Crippen LogP contribution >= 0.6 is 0 Å². The Labute approximate surface area is 107 Å². The highest BCUT2D eigenvalue weighted by Crippen LogP contribution is 2.21. The van der Waals surface area contributed by atoms with Crippen LogP contribution in [0.2, 0.25) is 0 Å². The second-order valence-electron chi connectivity index (χ2n) is 5.90. The Kier molecular flexibility index (Phi) is 4.83. The molecule has 0 amide bonds. The van der Waals surface area contributed by atoms with Crippen LogP contribution in [0.5, 0.6) is 0 Å². The molecule has 2 aliphatic heterocycles. The average Bonchev–Trinajstić information content (AvgIpc) is 2.76. The Hall–Kier alpha value is -0.120. The maximum atomic E-state index is 3.50. The molecule has 2 aliphatic rings. The van der Waals surface area contributed by atoms with Crippen LogP contribution < -0.4 is 5.32 Å². The second kappa shape index (κ2) is 6.17. The summed E-state index contributed by atoms with van der Waals surface area (Å²) < 4.78 is 0. The summed E-state index contributed by atoms with van der Waals surface area (Å²) >= 11 is 0. The third kappa shape index (κ3) is 3.21. The van der Waals surface area contributed by atoms with Crippen LogP contribution in [0.4, 0.5) is 0 Å². The van der Waals surface area contributed by atoms with E-state index in [1.807, 2.05) is 0 Å². The van der Waals surface area contributed by atoms with Gasteiger partial charge in [-0.25, -0.2) is 0 Å². The van der Waals surface area contributed by atoms with Gasteiger partial charge in [0, 0.05) is 18.6 Å². The number of hydrogen-bond acceptors (Lipinski definition) is 3. The van der Waals surface area contributed by atoms with Crippen LogP contribution in [0.15, 0.2) is 0 Å². The monoisotopic (exact) mass is 239 g/mol. The van der Waals surface area contributed by atoms with E-state index < -0.39 is 0 Å². The Morgan fingerprint density at radius 2 is 2.18 bits per heavy atom. The normalized spacial score (nSPS) is 35.6. The second-order valence-corrected chi connectivity index (χ2v) is 5.90. The minimum absolute atomic E-state index is 0.788. The molecule has 2 fully saturated rings. The molecular weight excluding hydrogens is 210 g/mol. The van der Waals surface area contributed by atoms with Crippen molar-refractivity contribution in [1.82, 2.24) is 15.1 Å². The van der Waals surface area contributed by atoms with Crippen LogP contribution in [0, 0.1) is 5.92 Å². The highest BCUT2D eigenvalue weighted by Gasteiger charge is 2.29. The van der Waals surface area contributed by atoms with Crippen LogP contribution in [0.3, 0.4) is 0 Å². The maximum absolute atomic E-state index is 3.50. The predicted octanol–water partition coefficient (Wildman–Crippen LogP) is 1.40. The van der Waals surface area contributed by atoms with Crippen molar-refractivity contribution in [1.29, 1.82) is 0 Å². The zero-order valence-electron chi connectivity index (χ0n) is 11.8. The first-order chi connectivity index (χ1) is 8.22. The number of rotatable bonds is 4. The minimum Gasteiger partial charge on any atom is -0.316 e. The molecule has 0 spiro atoms. The average molecular weight is 239 g/mol. The molecule has 0 aliphatic carbocycles. The molecule has 0 radical (unpaired) electrons. The molecule has 3 unspecified atom stereocenters. The molecule has 0 aromatic carbocycles. The number of likely N-dealkylation sites (N-methyl/N-ethyl adjacent to an activating group) is 2. The summed E-state index contributed by atoms with van der Waals surface area (Å²) in [6, 6.07) is 1.60. The first-order valence-electron chi connectivity index (χ1n) is 7.37. The van der Waals surface area contributed by atoms with Gasteiger partial charge in [0.25, 0.3) is 0 Å². The van der Waals surface area contributed by atoms with Gasteiger partial charge in [-0.15, -0.1) is 0 Å². The summed E-state index contributed by atoms with van der Waals surface area (Å²) in [7, 11) is 2.33. The number of nitrogens with zero attached hydrogens (tertiary/aromatic N) is 2. The third-order valence-electron chi connectivity index (χ3n) is 4.71. The largest absolute Gasteiger partial charge is 0.316 e. The highest BCUT2D eigenvalue weighted by atomic mass is 15.2. The Morgan fingerprint density at radius 3 is 2.88 bits per heavy atom. The third-order valence-corrected chi connectivity index (χ3v) is 4.71. The maximum Gasteiger partial charge on any atom is 0.0223 e. The molecule has 0 saturated carbocycles. The van der Waals surface area contributed by atoms with E-state index in [4.69, 9.17) is 0 Å². The first kappa shape index (κ1) is 13.3. The van der Waals surface area contributed by atoms with E-state index in [1.54, 1.807) is 0 Å². The van der Waals surface area contributed by atoms with Gasteiger partial charge in [-0.05, 0) is 58.4 Å². The van der Waals surface area contributed by atoms with Gasteiger partial charge in [0.1, 0.15) is 0 Å².